The lowest BCUT2D eigenvalue weighted by molar-refractivity contribution is 0.669. The van der Waals surface area contributed by atoms with E-state index >= 15 is 0 Å². The van der Waals surface area contributed by atoms with E-state index in [1.165, 1.54) is 12.2 Å². The molecule has 188 valence electrons. The zero-order chi connectivity index (χ0) is 41.0. The van der Waals surface area contributed by atoms with Gasteiger partial charge >= 0.3 is 0 Å². The van der Waals surface area contributed by atoms with Crippen LogP contribution in [0.15, 0.2) is 175 Å². The third-order valence-electron chi connectivity index (χ3n) is 5.69. The highest BCUT2D eigenvalue weighted by Gasteiger charge is 2.14. The van der Waals surface area contributed by atoms with Crippen molar-refractivity contribution >= 4 is 38.3 Å². The first-order valence-electron chi connectivity index (χ1n) is 19.7. The third kappa shape index (κ3) is 5.30. The van der Waals surface area contributed by atoms with Crippen molar-refractivity contribution in [1.82, 2.24) is 0 Å². The Hall–Kier alpha value is -5.14. The van der Waals surface area contributed by atoms with Crippen molar-refractivity contribution in [2.75, 3.05) is 0 Å². The van der Waals surface area contributed by atoms with Crippen LogP contribution in [0.3, 0.4) is 0 Å². The Morgan fingerprint density at radius 3 is 2.23 bits per heavy atom. The molecule has 1 aromatic heterocycles. The Bertz CT molecular complexity index is 2710. The molecule has 0 aliphatic carbocycles. The van der Waals surface area contributed by atoms with Gasteiger partial charge in [-0.2, -0.15) is 0 Å². The second kappa shape index (κ2) is 11.5. The van der Waals surface area contributed by atoms with E-state index in [0.29, 0.717) is 12.1 Å². The van der Waals surface area contributed by atoms with Gasteiger partial charge in [-0.3, -0.25) is 0 Å². The van der Waals surface area contributed by atoms with Crippen LogP contribution in [0.5, 0.6) is 0 Å². The summed E-state index contributed by atoms with van der Waals surface area (Å²) in [5, 5.41) is -1.31. The summed E-state index contributed by atoms with van der Waals surface area (Å²) in [5.41, 5.74) is -1.43. The van der Waals surface area contributed by atoms with Crippen molar-refractivity contribution in [2.45, 2.75) is 0 Å². The van der Waals surface area contributed by atoms with Crippen LogP contribution >= 0.6 is 0 Å². The van der Waals surface area contributed by atoms with Gasteiger partial charge in [0.1, 0.15) is 11.2 Å². The molecule has 0 bridgehead atoms. The molecule has 5 rings (SSSR count). The first-order valence-corrected chi connectivity index (χ1v) is 11.6. The molecule has 39 heavy (non-hydrogen) atoms. The Labute approximate surface area is 252 Å². The lowest BCUT2D eigenvalue weighted by Gasteiger charge is -2.10. The third-order valence-corrected chi connectivity index (χ3v) is 5.69. The molecule has 0 spiro atoms. The number of furan rings is 1. The van der Waals surface area contributed by atoms with Crippen LogP contribution in [0.25, 0.3) is 49.4 Å². The molecule has 5 aromatic rings. The highest BCUT2D eigenvalue weighted by Crippen LogP contribution is 2.39. The molecule has 4 aromatic carbocycles. The van der Waals surface area contributed by atoms with Crippen LogP contribution < -0.4 is 0 Å². The maximum atomic E-state index is 9.22. The van der Waals surface area contributed by atoms with Gasteiger partial charge in [-0.05, 0) is 56.3 Å². The number of hydrogen-bond donors (Lipinski definition) is 0. The van der Waals surface area contributed by atoms with E-state index in [-0.39, 0.29) is 44.2 Å². The molecule has 1 heterocycles. The quantitative estimate of drug-likeness (QED) is 0.195. The fourth-order valence-corrected chi connectivity index (χ4v) is 3.81. The molecule has 0 amide bonds. The molecule has 0 N–H and O–H groups in total. The monoisotopic (exact) mass is 518 g/mol. The predicted molar refractivity (Wildman–Crippen MR) is 170 cm³/mol. The van der Waals surface area contributed by atoms with Crippen LogP contribution in [0, 0.1) is 0 Å². The van der Waals surface area contributed by atoms with E-state index in [2.05, 4.69) is 19.7 Å². The zero-order valence-corrected chi connectivity index (χ0v) is 20.6. The standard InChI is InChI=1S/C38H30O/c1-5-6-16-27(2)28(3)25-26-29(4)30-17-9-7-8-10-18-33(32-20-12-11-19-31(30)32)34-22-15-24-37-38(34)35-21-13-14-23-36(35)39-37/h5-26H,1-4H2/b8-7?,9-7?,10-8?,16-6-,17-9?,18-10?,26-25-,30-17?,31-30?,33-18?,33-32?/i4D,7D,8D,9D,10D,11D,12D,13D,14D,15D,19D,20D,21D,22D,23D,26D/b8-7?,9-7?,10-8?,16-6-,17-9?,18-10?,26-25-,29-4?,30-17?,31-30?,33-18?,33-32?. The van der Waals surface area contributed by atoms with Crippen molar-refractivity contribution in [1.29, 1.82) is 0 Å². The molecule has 0 unspecified atom stereocenters. The predicted octanol–water partition coefficient (Wildman–Crippen LogP) is 11.0. The van der Waals surface area contributed by atoms with E-state index in [0.717, 1.165) is 18.2 Å². The van der Waals surface area contributed by atoms with Crippen LogP contribution in [-0.2, 0) is 0 Å². The molecule has 1 heteroatoms. The first kappa shape index (κ1) is 12.6. The number of rotatable bonds is 7. The highest BCUT2D eigenvalue weighted by atomic mass is 16.3. The van der Waals surface area contributed by atoms with Crippen LogP contribution in [0.4, 0.5) is 0 Å². The first-order chi connectivity index (χ1) is 25.8. The summed E-state index contributed by atoms with van der Waals surface area (Å²) in [6.07, 6.45) is 5.86. The molecular formula is C38H30O. The highest BCUT2D eigenvalue weighted by molar-refractivity contribution is 6.15. The Morgan fingerprint density at radius 1 is 0.718 bits per heavy atom. The zero-order valence-electron chi connectivity index (χ0n) is 36.6. The van der Waals surface area contributed by atoms with Gasteiger partial charge in [0.25, 0.3) is 0 Å². The van der Waals surface area contributed by atoms with Crippen molar-refractivity contribution in [3.8, 4) is 11.1 Å². The summed E-state index contributed by atoms with van der Waals surface area (Å²) in [7, 11) is 0. The second-order valence-corrected chi connectivity index (χ2v) is 8.09. The average Bonchev–Trinajstić information content (AvgIpc) is 3.53. The van der Waals surface area contributed by atoms with Gasteiger partial charge in [-0.1, -0.05) is 147 Å². The normalized spacial score (nSPS) is 17.8. The molecule has 0 aliphatic heterocycles. The Kier molecular flexibility index (Phi) is 3.72. The van der Waals surface area contributed by atoms with Gasteiger partial charge in [0.2, 0.25) is 0 Å². The number of hydrogen-bond acceptors (Lipinski definition) is 1. The SMILES string of the molecule is [2H]C=C(/C([2H])=C\C(=C)C(=C)/C=C\C=C)c1cc([2H])c([2H])c([2H])c([2H])cc(-c2c([2H])c([2H])cc3oc4c([2H])c([2H])c([2H])c([2H])c4c23)c2c([2H])c([2H])c([2H])c([2H])c12. The smallest absolute Gasteiger partial charge is 0.136 e. The van der Waals surface area contributed by atoms with Gasteiger partial charge in [0.15, 0.2) is 0 Å². The maximum absolute atomic E-state index is 9.22. The summed E-state index contributed by atoms with van der Waals surface area (Å²) < 4.78 is 146. The van der Waals surface area contributed by atoms with Gasteiger partial charge < -0.3 is 4.42 Å². The molecule has 0 aliphatic rings. The molecule has 0 radical (unpaired) electrons. The lowest BCUT2D eigenvalue weighted by atomic mass is 9.93. The summed E-state index contributed by atoms with van der Waals surface area (Å²) in [6, 6.07) is -7.24. The number of allylic oxidation sites excluding steroid dienone is 8. The van der Waals surface area contributed by atoms with Crippen molar-refractivity contribution in [2.24, 2.45) is 0 Å². The Morgan fingerprint density at radius 2 is 1.44 bits per heavy atom. The summed E-state index contributed by atoms with van der Waals surface area (Å²) >= 11 is 0. The van der Waals surface area contributed by atoms with Gasteiger partial charge in [-0.25, -0.2) is 0 Å². The van der Waals surface area contributed by atoms with Gasteiger partial charge in [0.05, 0.1) is 21.9 Å². The summed E-state index contributed by atoms with van der Waals surface area (Å²) in [4.78, 5) is 0. The second-order valence-electron chi connectivity index (χ2n) is 8.09. The van der Waals surface area contributed by atoms with Crippen molar-refractivity contribution < 1.29 is 26.3 Å². The molecular weight excluding hydrogens is 472 g/mol. The van der Waals surface area contributed by atoms with E-state index in [4.69, 9.17) is 25.0 Å². The molecule has 0 saturated carbocycles. The largest absolute Gasteiger partial charge is 0.456 e. The van der Waals surface area contributed by atoms with E-state index in [1.807, 2.05) is 0 Å². The lowest BCUT2D eigenvalue weighted by Crippen LogP contribution is -1.85. The average molecular weight is 519 g/mol. The molecule has 0 fully saturated rings. The maximum Gasteiger partial charge on any atom is 0.136 e. The molecule has 1 nitrogen and oxygen atoms in total. The Balaban J connectivity index is 2.19. The van der Waals surface area contributed by atoms with Crippen molar-refractivity contribution in [3.05, 3.63) is 176 Å². The van der Waals surface area contributed by atoms with Crippen LogP contribution in [0.2, 0.25) is 0 Å². The van der Waals surface area contributed by atoms with Crippen molar-refractivity contribution in [3.63, 3.8) is 0 Å². The number of para-hydroxylation sites is 1. The number of benzene rings is 3. The summed E-state index contributed by atoms with van der Waals surface area (Å²) in [5.74, 6) is 0. The topological polar surface area (TPSA) is 13.1 Å². The fraction of sp³-hybridized carbons (Fsp3) is 0. The van der Waals surface area contributed by atoms with Gasteiger partial charge in [-0.15, -0.1) is 0 Å². The minimum absolute atomic E-state index is 0.169. The fourth-order valence-electron chi connectivity index (χ4n) is 3.81. The van der Waals surface area contributed by atoms with Crippen LogP contribution in [-0.4, -0.2) is 0 Å². The van der Waals surface area contributed by atoms with E-state index in [1.54, 1.807) is 12.2 Å². The van der Waals surface area contributed by atoms with E-state index in [9.17, 15) is 1.37 Å². The summed E-state index contributed by atoms with van der Waals surface area (Å²) in [6.45, 7) is 12.1. The minimum Gasteiger partial charge on any atom is -0.456 e. The molecule has 0 saturated heterocycles. The van der Waals surface area contributed by atoms with Crippen LogP contribution in [0.1, 0.15) is 27.5 Å². The molecule has 0 atom stereocenters. The minimum atomic E-state index is -0.831. The van der Waals surface area contributed by atoms with Gasteiger partial charge in [0, 0.05) is 10.8 Å². The number of fused-ring (bicyclic) bond motifs is 4. The van der Waals surface area contributed by atoms with E-state index < -0.39 is 107 Å².